The summed E-state index contributed by atoms with van der Waals surface area (Å²) in [6, 6.07) is 0.0574. The number of rotatable bonds is 11. The molecule has 1 atom stereocenters. The topological polar surface area (TPSA) is 41.6 Å². The normalized spacial score (nSPS) is 13.0. The lowest BCUT2D eigenvalue weighted by molar-refractivity contribution is -0.143. The Labute approximate surface area is 118 Å². The molecule has 1 unspecified atom stereocenters. The Bertz CT molecular complexity index is 224. The molecule has 0 amide bonds. The lowest BCUT2D eigenvalue weighted by atomic mass is 10.2. The Morgan fingerprint density at radius 3 is 2.05 bits per heavy atom. The van der Waals surface area contributed by atoms with Crippen LogP contribution in [0.5, 0.6) is 0 Å². The van der Waals surface area contributed by atoms with E-state index in [9.17, 15) is 4.79 Å². The molecule has 4 heteroatoms. The monoisotopic (exact) mass is 272 g/mol. The number of nitrogens with one attached hydrogen (secondary N) is 1. The van der Waals surface area contributed by atoms with Crippen molar-refractivity contribution in [3.05, 3.63) is 0 Å². The SMILES string of the molecule is CCCCN(CCCC)CC(NC(C)C)C(=O)OC. The molecule has 4 nitrogen and oxygen atoms in total. The highest BCUT2D eigenvalue weighted by Crippen LogP contribution is 2.03. The molecule has 1 N–H and O–H groups in total. The van der Waals surface area contributed by atoms with E-state index in [4.69, 9.17) is 4.74 Å². The number of hydrogen-bond acceptors (Lipinski definition) is 4. The highest BCUT2D eigenvalue weighted by Gasteiger charge is 2.22. The number of carbonyl (C=O) groups excluding carboxylic acids is 1. The second-order valence-corrected chi connectivity index (χ2v) is 5.40. The predicted octanol–water partition coefficient (Wildman–Crippen LogP) is 2.43. The summed E-state index contributed by atoms with van der Waals surface area (Å²) in [4.78, 5) is 14.2. The third-order valence-electron chi connectivity index (χ3n) is 3.12. The van der Waals surface area contributed by atoms with Gasteiger partial charge in [0, 0.05) is 12.6 Å². The molecule has 0 saturated heterocycles. The van der Waals surface area contributed by atoms with Gasteiger partial charge in [-0.15, -0.1) is 0 Å². The second-order valence-electron chi connectivity index (χ2n) is 5.40. The van der Waals surface area contributed by atoms with E-state index in [0.717, 1.165) is 19.6 Å². The Morgan fingerprint density at radius 2 is 1.68 bits per heavy atom. The van der Waals surface area contributed by atoms with Crippen LogP contribution in [-0.2, 0) is 9.53 Å². The van der Waals surface area contributed by atoms with Crippen molar-refractivity contribution < 1.29 is 9.53 Å². The van der Waals surface area contributed by atoms with E-state index in [1.807, 2.05) is 0 Å². The maximum absolute atomic E-state index is 11.8. The van der Waals surface area contributed by atoms with Crippen LogP contribution in [0.1, 0.15) is 53.4 Å². The van der Waals surface area contributed by atoms with Crippen LogP contribution in [0.2, 0.25) is 0 Å². The molecule has 0 aromatic carbocycles. The number of esters is 1. The number of unbranched alkanes of at least 4 members (excludes halogenated alkanes) is 2. The number of methoxy groups -OCH3 is 1. The van der Waals surface area contributed by atoms with Gasteiger partial charge >= 0.3 is 5.97 Å². The minimum atomic E-state index is -0.223. The Morgan fingerprint density at radius 1 is 1.16 bits per heavy atom. The lowest BCUT2D eigenvalue weighted by Gasteiger charge is -2.27. The van der Waals surface area contributed by atoms with Crippen molar-refractivity contribution in [1.82, 2.24) is 10.2 Å². The molecule has 0 rings (SSSR count). The Hall–Kier alpha value is -0.610. The van der Waals surface area contributed by atoms with Gasteiger partial charge in [0.15, 0.2) is 0 Å². The maximum atomic E-state index is 11.8. The van der Waals surface area contributed by atoms with Crippen molar-refractivity contribution in [3.63, 3.8) is 0 Å². The van der Waals surface area contributed by atoms with E-state index in [0.29, 0.717) is 0 Å². The zero-order valence-corrected chi connectivity index (χ0v) is 13.4. The summed E-state index contributed by atoms with van der Waals surface area (Å²) in [5, 5.41) is 3.30. The van der Waals surface area contributed by atoms with Crippen molar-refractivity contribution in [2.24, 2.45) is 0 Å². The van der Waals surface area contributed by atoms with Crippen LogP contribution in [0, 0.1) is 0 Å². The molecule has 0 aliphatic rings. The van der Waals surface area contributed by atoms with Crippen molar-refractivity contribution in [3.8, 4) is 0 Å². The van der Waals surface area contributed by atoms with Gasteiger partial charge in [-0.2, -0.15) is 0 Å². The summed E-state index contributed by atoms with van der Waals surface area (Å²) in [5.74, 6) is -0.160. The minimum Gasteiger partial charge on any atom is -0.468 e. The summed E-state index contributed by atoms with van der Waals surface area (Å²) >= 11 is 0. The fourth-order valence-corrected chi connectivity index (χ4v) is 2.06. The van der Waals surface area contributed by atoms with Crippen LogP contribution in [0.25, 0.3) is 0 Å². The lowest BCUT2D eigenvalue weighted by Crippen LogP contribution is -2.49. The van der Waals surface area contributed by atoms with Crippen molar-refractivity contribution in [2.45, 2.75) is 65.5 Å². The summed E-state index contributed by atoms with van der Waals surface area (Å²) in [6.07, 6.45) is 4.73. The molecule has 0 radical (unpaired) electrons. The van der Waals surface area contributed by atoms with Crippen LogP contribution in [0.4, 0.5) is 0 Å². The minimum absolute atomic E-state index is 0.160. The molecule has 0 saturated carbocycles. The zero-order valence-electron chi connectivity index (χ0n) is 13.4. The van der Waals surface area contributed by atoms with Gasteiger partial charge in [-0.05, 0) is 25.9 Å². The van der Waals surface area contributed by atoms with Gasteiger partial charge in [-0.25, -0.2) is 0 Å². The van der Waals surface area contributed by atoms with E-state index in [1.165, 1.54) is 32.8 Å². The molecule has 0 heterocycles. The predicted molar refractivity (Wildman–Crippen MR) is 80.3 cm³/mol. The molecule has 114 valence electrons. The number of ether oxygens (including phenoxy) is 1. The van der Waals surface area contributed by atoms with Crippen LogP contribution in [0.3, 0.4) is 0 Å². The molecule has 19 heavy (non-hydrogen) atoms. The Kier molecular flexibility index (Phi) is 10.9. The molecule has 0 fully saturated rings. The van der Waals surface area contributed by atoms with E-state index in [2.05, 4.69) is 37.9 Å². The van der Waals surface area contributed by atoms with Gasteiger partial charge in [-0.3, -0.25) is 4.79 Å². The zero-order chi connectivity index (χ0) is 14.7. The fraction of sp³-hybridized carbons (Fsp3) is 0.933. The van der Waals surface area contributed by atoms with Crippen LogP contribution in [0.15, 0.2) is 0 Å². The molecule has 0 spiro atoms. The van der Waals surface area contributed by atoms with Crippen LogP contribution >= 0.6 is 0 Å². The highest BCUT2D eigenvalue weighted by molar-refractivity contribution is 5.75. The third-order valence-corrected chi connectivity index (χ3v) is 3.12. The van der Waals surface area contributed by atoms with E-state index in [1.54, 1.807) is 0 Å². The molecule has 0 aliphatic carbocycles. The van der Waals surface area contributed by atoms with Gasteiger partial charge in [0.2, 0.25) is 0 Å². The fourth-order valence-electron chi connectivity index (χ4n) is 2.06. The Balaban J connectivity index is 4.46. The molecular weight excluding hydrogens is 240 g/mol. The molecule has 0 aromatic heterocycles. The van der Waals surface area contributed by atoms with E-state index < -0.39 is 0 Å². The molecular formula is C15H32N2O2. The molecule has 0 bridgehead atoms. The average Bonchev–Trinajstić information content (AvgIpc) is 2.39. The van der Waals surface area contributed by atoms with Gasteiger partial charge in [-0.1, -0.05) is 40.5 Å². The van der Waals surface area contributed by atoms with Gasteiger partial charge in [0.1, 0.15) is 6.04 Å². The van der Waals surface area contributed by atoms with E-state index in [-0.39, 0.29) is 18.1 Å². The summed E-state index contributed by atoms with van der Waals surface area (Å²) in [6.45, 7) is 11.4. The first-order chi connectivity index (χ1) is 9.04. The second kappa shape index (κ2) is 11.2. The molecule has 0 aromatic rings. The summed E-state index contributed by atoms with van der Waals surface area (Å²) < 4.78 is 4.89. The highest BCUT2D eigenvalue weighted by atomic mass is 16.5. The van der Waals surface area contributed by atoms with Crippen LogP contribution in [-0.4, -0.2) is 49.7 Å². The smallest absolute Gasteiger partial charge is 0.324 e. The first kappa shape index (κ1) is 18.4. The van der Waals surface area contributed by atoms with E-state index >= 15 is 0 Å². The summed E-state index contributed by atoms with van der Waals surface area (Å²) in [7, 11) is 1.46. The quantitative estimate of drug-likeness (QED) is 0.587. The average molecular weight is 272 g/mol. The number of nitrogens with zero attached hydrogens (tertiary/aromatic N) is 1. The number of hydrogen-bond donors (Lipinski definition) is 1. The van der Waals surface area contributed by atoms with Crippen LogP contribution < -0.4 is 5.32 Å². The first-order valence-electron chi connectivity index (χ1n) is 7.61. The van der Waals surface area contributed by atoms with Gasteiger partial charge in [0.25, 0.3) is 0 Å². The first-order valence-corrected chi connectivity index (χ1v) is 7.61. The van der Waals surface area contributed by atoms with Crippen molar-refractivity contribution in [2.75, 3.05) is 26.7 Å². The third kappa shape index (κ3) is 9.00. The largest absolute Gasteiger partial charge is 0.468 e. The number of carbonyl (C=O) groups is 1. The van der Waals surface area contributed by atoms with Gasteiger partial charge in [0.05, 0.1) is 7.11 Å². The standard InChI is InChI=1S/C15H32N2O2/c1-6-8-10-17(11-9-7-2)12-14(15(18)19-5)16-13(3)4/h13-14,16H,6-12H2,1-5H3. The van der Waals surface area contributed by atoms with Crippen molar-refractivity contribution >= 4 is 5.97 Å². The summed E-state index contributed by atoms with van der Waals surface area (Å²) in [5.41, 5.74) is 0. The molecule has 0 aliphatic heterocycles. The van der Waals surface area contributed by atoms with Crippen molar-refractivity contribution in [1.29, 1.82) is 0 Å². The maximum Gasteiger partial charge on any atom is 0.324 e. The van der Waals surface area contributed by atoms with Gasteiger partial charge < -0.3 is 15.0 Å².